The Bertz CT molecular complexity index is 843. The van der Waals surface area contributed by atoms with Crippen LogP contribution in [0.5, 0.6) is 0 Å². The highest BCUT2D eigenvalue weighted by molar-refractivity contribution is 7.89. The summed E-state index contributed by atoms with van der Waals surface area (Å²) in [7, 11) is -3.56. The number of nitrogens with one attached hydrogen (secondary N) is 1. The number of anilines is 1. The molecule has 0 atom stereocenters. The smallest absolute Gasteiger partial charge is 0.258 e. The third kappa shape index (κ3) is 4.67. The second kappa shape index (κ2) is 7.80. The molecule has 0 aliphatic heterocycles. The van der Waals surface area contributed by atoms with Crippen LogP contribution in [0.25, 0.3) is 0 Å². The Morgan fingerprint density at radius 1 is 1.12 bits per heavy atom. The van der Waals surface area contributed by atoms with Gasteiger partial charge >= 0.3 is 0 Å². The molecule has 2 rings (SSSR count). The third-order valence-corrected chi connectivity index (χ3v) is 5.35. The van der Waals surface area contributed by atoms with Crippen molar-refractivity contribution >= 4 is 21.6 Å². The van der Waals surface area contributed by atoms with Crippen LogP contribution in [-0.2, 0) is 10.0 Å². The zero-order valence-corrected chi connectivity index (χ0v) is 15.8. The number of carbonyl (C=O) groups excluding carboxylic acids is 1. The fourth-order valence-electron chi connectivity index (χ4n) is 2.55. The largest absolute Gasteiger partial charge is 0.309 e. The first kappa shape index (κ1) is 19.1. The van der Waals surface area contributed by atoms with E-state index in [1.807, 2.05) is 38.1 Å². The van der Waals surface area contributed by atoms with Crippen LogP contribution in [0.3, 0.4) is 0 Å². The first-order valence-corrected chi connectivity index (χ1v) is 9.74. The van der Waals surface area contributed by atoms with Crippen LogP contribution in [0.15, 0.2) is 53.4 Å². The minimum absolute atomic E-state index is 0.149. The summed E-state index contributed by atoms with van der Waals surface area (Å²) in [4.78, 5) is 14.6. The number of sulfonamides is 1. The topological polar surface area (TPSA) is 66.5 Å². The average molecular weight is 360 g/mol. The van der Waals surface area contributed by atoms with E-state index in [1.165, 1.54) is 12.1 Å². The summed E-state index contributed by atoms with van der Waals surface area (Å²) in [6, 6.07) is 13.6. The zero-order valence-electron chi connectivity index (χ0n) is 15.0. The lowest BCUT2D eigenvalue weighted by atomic mass is 10.1. The van der Waals surface area contributed by atoms with E-state index in [4.69, 9.17) is 0 Å². The van der Waals surface area contributed by atoms with Crippen molar-refractivity contribution < 1.29 is 13.2 Å². The molecule has 1 amide bonds. The molecule has 0 saturated heterocycles. The Balaban J connectivity index is 2.27. The highest BCUT2D eigenvalue weighted by Gasteiger charge is 2.19. The van der Waals surface area contributed by atoms with E-state index < -0.39 is 10.0 Å². The first-order chi connectivity index (χ1) is 11.7. The molecule has 0 aliphatic rings. The molecule has 0 aromatic heterocycles. The Kier molecular flexibility index (Phi) is 5.98. The summed E-state index contributed by atoms with van der Waals surface area (Å²) in [5.74, 6) is -0.158. The van der Waals surface area contributed by atoms with Crippen molar-refractivity contribution in [3.05, 3.63) is 59.7 Å². The minimum atomic E-state index is -3.56. The normalized spacial score (nSPS) is 11.6. The Morgan fingerprint density at radius 3 is 2.28 bits per heavy atom. The fourth-order valence-corrected chi connectivity index (χ4v) is 3.80. The number of hydrogen-bond acceptors (Lipinski definition) is 3. The summed E-state index contributed by atoms with van der Waals surface area (Å²) < 4.78 is 26.9. The van der Waals surface area contributed by atoms with Gasteiger partial charge in [0, 0.05) is 23.8 Å². The van der Waals surface area contributed by atoms with Gasteiger partial charge in [-0.2, -0.15) is 0 Å². The summed E-state index contributed by atoms with van der Waals surface area (Å²) in [5.41, 5.74) is 2.35. The number of rotatable bonds is 6. The van der Waals surface area contributed by atoms with E-state index in [0.29, 0.717) is 12.1 Å². The van der Waals surface area contributed by atoms with E-state index in [2.05, 4.69) is 4.72 Å². The van der Waals surface area contributed by atoms with Gasteiger partial charge in [0.2, 0.25) is 10.0 Å². The van der Waals surface area contributed by atoms with Gasteiger partial charge in [0.15, 0.2) is 0 Å². The highest BCUT2D eigenvalue weighted by atomic mass is 32.2. The quantitative estimate of drug-likeness (QED) is 0.859. The van der Waals surface area contributed by atoms with Crippen LogP contribution in [0, 0.1) is 6.92 Å². The number of benzene rings is 2. The van der Waals surface area contributed by atoms with Crippen LogP contribution in [0.4, 0.5) is 5.69 Å². The van der Waals surface area contributed by atoms with Crippen molar-refractivity contribution in [2.24, 2.45) is 0 Å². The van der Waals surface area contributed by atoms with E-state index in [-0.39, 0.29) is 16.8 Å². The van der Waals surface area contributed by atoms with E-state index in [0.717, 1.165) is 11.3 Å². The average Bonchev–Trinajstić information content (AvgIpc) is 2.54. The van der Waals surface area contributed by atoms with Crippen LogP contribution in [0.2, 0.25) is 0 Å². The lowest BCUT2D eigenvalue weighted by Crippen LogP contribution is -2.31. The highest BCUT2D eigenvalue weighted by Crippen LogP contribution is 2.19. The number of hydrogen-bond donors (Lipinski definition) is 1. The van der Waals surface area contributed by atoms with Gasteiger partial charge in [-0.15, -0.1) is 0 Å². The lowest BCUT2D eigenvalue weighted by Gasteiger charge is -2.21. The van der Waals surface area contributed by atoms with Crippen LogP contribution in [0.1, 0.15) is 36.7 Å². The van der Waals surface area contributed by atoms with E-state index >= 15 is 0 Å². The van der Waals surface area contributed by atoms with E-state index in [9.17, 15) is 13.2 Å². The molecule has 0 heterocycles. The number of amides is 1. The molecular formula is C19H24N2O3S. The zero-order chi connectivity index (χ0) is 18.6. The molecule has 2 aromatic rings. The van der Waals surface area contributed by atoms with Crippen molar-refractivity contribution in [1.82, 2.24) is 4.72 Å². The third-order valence-electron chi connectivity index (χ3n) is 3.68. The van der Waals surface area contributed by atoms with Crippen molar-refractivity contribution in [2.45, 2.75) is 38.6 Å². The monoisotopic (exact) mass is 360 g/mol. The lowest BCUT2D eigenvalue weighted by molar-refractivity contribution is 0.0988. The maximum absolute atomic E-state index is 12.8. The predicted molar refractivity (Wildman–Crippen MR) is 100 cm³/mol. The molecule has 0 spiro atoms. The maximum Gasteiger partial charge on any atom is 0.258 e. The Morgan fingerprint density at radius 2 is 1.76 bits per heavy atom. The molecule has 0 bridgehead atoms. The summed E-state index contributed by atoms with van der Waals surface area (Å²) >= 11 is 0. The van der Waals surface area contributed by atoms with Crippen LogP contribution < -0.4 is 9.62 Å². The maximum atomic E-state index is 12.8. The summed E-state index contributed by atoms with van der Waals surface area (Å²) in [5, 5.41) is 0. The molecule has 0 radical (unpaired) electrons. The molecule has 0 fully saturated rings. The molecule has 0 saturated carbocycles. The Labute approximate surface area is 149 Å². The number of aryl methyl sites for hydroxylation is 1. The molecule has 2 aromatic carbocycles. The van der Waals surface area contributed by atoms with Crippen LogP contribution >= 0.6 is 0 Å². The van der Waals surface area contributed by atoms with Crippen molar-refractivity contribution in [3.8, 4) is 0 Å². The van der Waals surface area contributed by atoms with Gasteiger partial charge in [0.25, 0.3) is 5.91 Å². The summed E-state index contributed by atoms with van der Waals surface area (Å²) in [6.07, 6.45) is 0. The van der Waals surface area contributed by atoms with Gasteiger partial charge in [-0.25, -0.2) is 13.1 Å². The first-order valence-electron chi connectivity index (χ1n) is 8.25. The van der Waals surface area contributed by atoms with Crippen LogP contribution in [-0.4, -0.2) is 26.9 Å². The van der Waals surface area contributed by atoms with E-state index in [1.54, 1.807) is 30.9 Å². The SMILES string of the molecule is CCN(C(=O)c1ccc(S(=O)(=O)NC(C)C)cc1)c1cccc(C)c1. The van der Waals surface area contributed by atoms with Crippen molar-refractivity contribution in [3.63, 3.8) is 0 Å². The second-order valence-corrected chi connectivity index (χ2v) is 7.90. The Hall–Kier alpha value is -2.18. The molecule has 25 heavy (non-hydrogen) atoms. The standard InChI is InChI=1S/C19H24N2O3S/c1-5-21(17-8-6-7-15(4)13-17)19(22)16-9-11-18(12-10-16)25(23,24)20-14(2)3/h6-14,20H,5H2,1-4H3. The minimum Gasteiger partial charge on any atom is -0.309 e. The van der Waals surface area contributed by atoms with Gasteiger partial charge in [0.1, 0.15) is 0 Å². The second-order valence-electron chi connectivity index (χ2n) is 6.19. The van der Waals surface area contributed by atoms with Gasteiger partial charge in [-0.05, 0) is 69.7 Å². The molecule has 134 valence electrons. The molecule has 6 heteroatoms. The van der Waals surface area contributed by atoms with Gasteiger partial charge in [-0.3, -0.25) is 4.79 Å². The molecule has 1 N–H and O–H groups in total. The molecule has 5 nitrogen and oxygen atoms in total. The molecular weight excluding hydrogens is 336 g/mol. The predicted octanol–water partition coefficient (Wildman–Crippen LogP) is 3.35. The fraction of sp³-hybridized carbons (Fsp3) is 0.316. The van der Waals surface area contributed by atoms with Gasteiger partial charge in [-0.1, -0.05) is 12.1 Å². The van der Waals surface area contributed by atoms with Gasteiger partial charge < -0.3 is 4.90 Å². The number of carbonyl (C=O) groups is 1. The van der Waals surface area contributed by atoms with Crippen molar-refractivity contribution in [2.75, 3.05) is 11.4 Å². The summed E-state index contributed by atoms with van der Waals surface area (Å²) in [6.45, 7) is 7.93. The molecule has 0 aliphatic carbocycles. The number of nitrogens with zero attached hydrogens (tertiary/aromatic N) is 1. The van der Waals surface area contributed by atoms with Gasteiger partial charge in [0.05, 0.1) is 4.90 Å². The molecule has 0 unspecified atom stereocenters. The van der Waals surface area contributed by atoms with Crippen molar-refractivity contribution in [1.29, 1.82) is 0 Å².